The number of nitrogen functional groups attached to an aromatic ring is 1. The minimum Gasteiger partial charge on any atom is -0.450 e. The Morgan fingerprint density at radius 2 is 0.989 bits per heavy atom. The van der Waals surface area contributed by atoms with E-state index in [2.05, 4.69) is 35.7 Å². The first-order valence-corrected chi connectivity index (χ1v) is 27.5. The summed E-state index contributed by atoms with van der Waals surface area (Å²) >= 11 is 38.0. The highest BCUT2D eigenvalue weighted by molar-refractivity contribution is 6.47. The lowest BCUT2D eigenvalue weighted by Gasteiger charge is -2.13. The highest BCUT2D eigenvalue weighted by Crippen LogP contribution is 2.33. The zero-order valence-electron chi connectivity index (χ0n) is 46.8. The van der Waals surface area contributed by atoms with Crippen molar-refractivity contribution in [2.45, 2.75) is 108 Å². The fourth-order valence-corrected chi connectivity index (χ4v) is 9.72. The van der Waals surface area contributed by atoms with Gasteiger partial charge in [-0.2, -0.15) is 35.6 Å². The smallest absolute Gasteiger partial charge is 0.414 e. The second-order valence-electron chi connectivity index (χ2n) is 19.3. The first kappa shape index (κ1) is 74.9. The normalized spacial score (nSPS) is 10.7. The number of nitrogens with one attached hydrogen (secondary N) is 3. The fraction of sp³-hybridized carbons (Fsp3) is 0.345. The molecule has 0 unspecified atom stereocenters. The van der Waals surface area contributed by atoms with Gasteiger partial charge in [-0.1, -0.05) is 133 Å². The average Bonchev–Trinajstić information content (AvgIpc) is 2.52. The Labute approximate surface area is 532 Å². The topological polar surface area (TPSA) is 326 Å². The Kier molecular flexibility index (Phi) is 28.5. The number of nitrogens with two attached hydrogens (primary N) is 1. The summed E-state index contributed by atoms with van der Waals surface area (Å²) in [5, 5.41) is 42.3. The van der Waals surface area contributed by atoms with Gasteiger partial charge in [0.1, 0.15) is 12.1 Å². The highest BCUT2D eigenvalue weighted by Gasteiger charge is 2.20. The van der Waals surface area contributed by atoms with Gasteiger partial charge in [-0.25, -0.2) is 23.6 Å². The standard InChI is InChI=1S/C21H22Cl2N6O4.C19H16Cl2N6O3.C15H17Cl2N3O.3CH4/c1-5-33-21(32)25-19(30)18(10-24)27-26-12-8-16(22)15(17(23)9-12)7-13-6-14(11(2)3)20(31)29(4)28-13;1-9(2)12-4-10(24-26(3)18(12)29)5-13-14(20)6-11(7-15(13)21)27-19(30)23-17(28)16(8-22)25-27;1-8(2)11-6-10(19-20(3)15(11)21)7-12-13(16)4-9(18)5-14(12)17;;;/h6,8-9,11,26H,5,7H2,1-4H3,(H,25,30,32);4,6-7,9H,5H2,1-3H3,(H,23,28,30);4-6,8H,7,18H2,1-3H3;3*1H4/b27-18+;;;;;. The van der Waals surface area contributed by atoms with E-state index in [0.717, 1.165) is 21.5 Å². The van der Waals surface area contributed by atoms with Crippen LogP contribution in [0.2, 0.25) is 30.1 Å². The number of aryl methyl sites for hydroxylation is 3. The molecular weight excluding hydrogens is 1250 g/mol. The number of ether oxygens (including phenoxy) is 1. The lowest BCUT2D eigenvalue weighted by atomic mass is 10.0. The number of aromatic nitrogens is 9. The third-order valence-corrected chi connectivity index (χ3v) is 14.1. The molecule has 3 aromatic carbocycles. The molecule has 4 aromatic heterocycles. The Bertz CT molecular complexity index is 4050. The average molecular weight is 1310 g/mol. The minimum atomic E-state index is -1.03. The molecule has 7 rings (SSSR count). The van der Waals surface area contributed by atoms with Gasteiger partial charge in [-0.05, 0) is 96.0 Å². The van der Waals surface area contributed by atoms with Crippen molar-refractivity contribution in [3.63, 3.8) is 0 Å². The summed E-state index contributed by atoms with van der Waals surface area (Å²) in [6.45, 7) is 13.3. The van der Waals surface area contributed by atoms with Crippen LogP contribution in [-0.4, -0.2) is 68.4 Å². The van der Waals surface area contributed by atoms with E-state index in [9.17, 15) is 33.6 Å². The van der Waals surface area contributed by atoms with E-state index < -0.39 is 34.7 Å². The Balaban J connectivity index is 0.000000447. The molecule has 464 valence electrons. The molecule has 0 fully saturated rings. The van der Waals surface area contributed by atoms with Gasteiger partial charge in [0.15, 0.2) is 0 Å². The molecule has 0 aliphatic carbocycles. The monoisotopic (exact) mass is 1310 g/mol. The molecule has 0 saturated heterocycles. The number of rotatable bonds is 14. The van der Waals surface area contributed by atoms with Gasteiger partial charge in [-0.15, -0.1) is 5.10 Å². The second-order valence-corrected chi connectivity index (χ2v) is 21.8. The summed E-state index contributed by atoms with van der Waals surface area (Å²) in [5.74, 6) is -0.857. The van der Waals surface area contributed by atoms with Crippen LogP contribution < -0.4 is 44.4 Å². The third-order valence-electron chi connectivity index (χ3n) is 12.1. The number of alkyl carbamates (subject to hydrolysis) is 1. The number of imide groups is 1. The predicted octanol–water partition coefficient (Wildman–Crippen LogP) is 10.6. The van der Waals surface area contributed by atoms with Crippen LogP contribution in [0.1, 0.15) is 145 Å². The number of anilines is 2. The van der Waals surface area contributed by atoms with E-state index in [1.54, 1.807) is 64.5 Å². The van der Waals surface area contributed by atoms with Crippen molar-refractivity contribution in [1.29, 1.82) is 10.5 Å². The number of hydrazone groups is 1. The Hall–Kier alpha value is -8.16. The zero-order valence-corrected chi connectivity index (χ0v) is 51.3. The first-order valence-electron chi connectivity index (χ1n) is 25.2. The number of benzene rings is 3. The van der Waals surface area contributed by atoms with Crippen LogP contribution >= 0.6 is 69.6 Å². The predicted molar refractivity (Wildman–Crippen MR) is 344 cm³/mol. The summed E-state index contributed by atoms with van der Waals surface area (Å²) in [7, 11) is 4.80. The molecule has 87 heavy (non-hydrogen) atoms. The summed E-state index contributed by atoms with van der Waals surface area (Å²) in [4.78, 5) is 85.4. The molecule has 7 aromatic rings. The van der Waals surface area contributed by atoms with Crippen LogP contribution in [-0.2, 0) is 49.9 Å². The zero-order chi connectivity index (χ0) is 62.6. The number of hydrogen-bond acceptors (Lipinski definition) is 17. The van der Waals surface area contributed by atoms with Gasteiger partial charge in [0.25, 0.3) is 28.1 Å². The van der Waals surface area contributed by atoms with Crippen molar-refractivity contribution >= 4 is 98.7 Å². The first-order chi connectivity index (χ1) is 39.5. The summed E-state index contributed by atoms with van der Waals surface area (Å²) in [5.41, 5.74) is 11.9. The van der Waals surface area contributed by atoms with E-state index in [1.807, 2.05) is 57.9 Å². The van der Waals surface area contributed by atoms with Crippen LogP contribution in [0.15, 0.2) is 83.7 Å². The summed E-state index contributed by atoms with van der Waals surface area (Å²) in [6, 6.07) is 17.7. The lowest BCUT2D eigenvalue weighted by Crippen LogP contribution is -2.36. The van der Waals surface area contributed by atoms with Crippen LogP contribution in [0.5, 0.6) is 0 Å². The van der Waals surface area contributed by atoms with Crippen molar-refractivity contribution in [3.05, 3.63) is 193 Å². The van der Waals surface area contributed by atoms with Crippen LogP contribution in [0, 0.1) is 22.7 Å². The molecule has 5 N–H and O–H groups in total. The number of carbonyl (C=O) groups excluding carboxylic acids is 2. The van der Waals surface area contributed by atoms with E-state index in [-0.39, 0.29) is 102 Å². The Morgan fingerprint density at radius 1 is 0.621 bits per heavy atom. The molecule has 4 heterocycles. The van der Waals surface area contributed by atoms with E-state index >= 15 is 0 Å². The quantitative estimate of drug-likeness (QED) is 0.0447. The Morgan fingerprint density at radius 3 is 1.33 bits per heavy atom. The number of H-pyrrole nitrogens is 1. The molecule has 0 aliphatic rings. The number of carbonyl (C=O) groups is 2. The lowest BCUT2D eigenvalue weighted by molar-refractivity contribution is -0.114. The number of hydrogen-bond donors (Lipinski definition) is 4. The van der Waals surface area contributed by atoms with Crippen LogP contribution in [0.25, 0.3) is 5.69 Å². The maximum Gasteiger partial charge on any atom is 0.414 e. The molecular formula is C58H67Cl6N15O8. The minimum absolute atomic E-state index is 0. The van der Waals surface area contributed by atoms with Crippen molar-refractivity contribution in [3.8, 4) is 17.8 Å². The van der Waals surface area contributed by atoms with Gasteiger partial charge in [0.05, 0.1) is 35.1 Å². The molecule has 0 bridgehead atoms. The molecule has 0 spiro atoms. The number of amides is 2. The molecule has 29 heteroatoms. The van der Waals surface area contributed by atoms with Gasteiger partial charge < -0.3 is 10.5 Å². The van der Waals surface area contributed by atoms with Crippen molar-refractivity contribution in [1.82, 2.24) is 49.4 Å². The number of nitriles is 2. The molecule has 2 amide bonds. The molecule has 0 aliphatic heterocycles. The molecule has 0 saturated carbocycles. The molecule has 0 radical (unpaired) electrons. The van der Waals surface area contributed by atoms with Crippen LogP contribution in [0.4, 0.5) is 16.2 Å². The van der Waals surface area contributed by atoms with Gasteiger partial charge >= 0.3 is 11.8 Å². The van der Waals surface area contributed by atoms with Gasteiger partial charge in [0.2, 0.25) is 11.4 Å². The van der Waals surface area contributed by atoms with E-state index in [0.29, 0.717) is 61.5 Å². The number of halogens is 6. The number of aromatic amines is 1. The third kappa shape index (κ3) is 19.4. The van der Waals surface area contributed by atoms with Crippen molar-refractivity contribution in [2.24, 2.45) is 26.2 Å². The van der Waals surface area contributed by atoms with Gasteiger partial charge in [0, 0.05) is 92.9 Å². The van der Waals surface area contributed by atoms with E-state index in [1.165, 1.54) is 38.3 Å². The van der Waals surface area contributed by atoms with Gasteiger partial charge in [-0.3, -0.25) is 39.7 Å². The summed E-state index contributed by atoms with van der Waals surface area (Å²) < 4.78 is 9.32. The van der Waals surface area contributed by atoms with Crippen molar-refractivity contribution < 1.29 is 14.3 Å². The fourth-order valence-electron chi connectivity index (χ4n) is 7.85. The maximum absolute atomic E-state index is 12.2. The van der Waals surface area contributed by atoms with Crippen LogP contribution in [0.3, 0.4) is 0 Å². The molecule has 23 nitrogen and oxygen atoms in total. The highest BCUT2D eigenvalue weighted by atomic mass is 35.5. The molecule has 0 atom stereocenters. The van der Waals surface area contributed by atoms with E-state index in [4.69, 9.17) is 85.9 Å². The second kappa shape index (κ2) is 33.1. The SMILES string of the molecule is C.C.C.CC(C)c1cc(Cc2c(Cl)cc(-n3nc(C#N)c(=O)[nH]c3=O)cc2Cl)nn(C)c1=O.CC(C)c1cc(Cc2c(Cl)cc(N)cc2Cl)nn(C)c1=O.CCOC(=O)NC(=O)/C(C#N)=N/Nc1cc(Cl)c(Cc2cc(C(C)C)c(=O)n(C)n2)c(Cl)c1. The number of nitrogens with zero attached hydrogens (tertiary/aromatic N) is 11. The summed E-state index contributed by atoms with van der Waals surface area (Å²) in [6.07, 6.45) is -0.0105. The largest absolute Gasteiger partial charge is 0.450 e. The maximum atomic E-state index is 12.2. The van der Waals surface area contributed by atoms with Crippen molar-refractivity contribution in [2.75, 3.05) is 17.8 Å².